The fourth-order valence-corrected chi connectivity index (χ4v) is 3.36. The van der Waals surface area contributed by atoms with Crippen molar-refractivity contribution in [3.63, 3.8) is 0 Å². The minimum Gasteiger partial charge on any atom is -0.360 e. The standard InChI is InChI=1S/C11H13N3O3S2/c1-7-11(8(2)17-13-7)19(15,16)14-9-4-5-10(18-3)12-6-9/h4-6,14H,1-3H3. The largest absolute Gasteiger partial charge is 0.360 e. The molecule has 0 fully saturated rings. The van der Waals surface area contributed by atoms with Gasteiger partial charge in [0.15, 0.2) is 10.7 Å². The summed E-state index contributed by atoms with van der Waals surface area (Å²) in [5.74, 6) is 0.263. The molecule has 2 aromatic rings. The van der Waals surface area contributed by atoms with E-state index in [9.17, 15) is 8.42 Å². The van der Waals surface area contributed by atoms with Gasteiger partial charge in [-0.25, -0.2) is 13.4 Å². The Morgan fingerprint density at radius 3 is 2.53 bits per heavy atom. The van der Waals surface area contributed by atoms with Crippen LogP contribution in [-0.4, -0.2) is 24.8 Å². The number of aryl methyl sites for hydroxylation is 2. The highest BCUT2D eigenvalue weighted by molar-refractivity contribution is 7.98. The summed E-state index contributed by atoms with van der Waals surface area (Å²) < 4.78 is 31.8. The predicted molar refractivity (Wildman–Crippen MR) is 72.8 cm³/mol. The van der Waals surface area contributed by atoms with Crippen LogP contribution in [0, 0.1) is 13.8 Å². The van der Waals surface area contributed by atoms with Crippen LogP contribution in [0.5, 0.6) is 0 Å². The van der Waals surface area contributed by atoms with Gasteiger partial charge in [-0.2, -0.15) is 0 Å². The van der Waals surface area contributed by atoms with E-state index in [0.717, 1.165) is 5.03 Å². The molecule has 0 radical (unpaired) electrons. The summed E-state index contributed by atoms with van der Waals surface area (Å²) in [6, 6.07) is 3.41. The first kappa shape index (κ1) is 13.9. The van der Waals surface area contributed by atoms with Gasteiger partial charge in [-0.05, 0) is 32.2 Å². The zero-order valence-electron chi connectivity index (χ0n) is 10.7. The summed E-state index contributed by atoms with van der Waals surface area (Å²) >= 11 is 1.48. The molecule has 1 N–H and O–H groups in total. The number of nitrogens with one attached hydrogen (secondary N) is 1. The molecule has 0 unspecified atom stereocenters. The second kappa shape index (κ2) is 5.22. The Labute approximate surface area is 115 Å². The third-order valence-corrected chi connectivity index (χ3v) is 4.72. The number of rotatable bonds is 4. The number of nitrogens with zero attached hydrogens (tertiary/aromatic N) is 2. The Morgan fingerprint density at radius 1 is 1.32 bits per heavy atom. The Balaban J connectivity index is 2.31. The van der Waals surface area contributed by atoms with Crippen LogP contribution < -0.4 is 4.72 Å². The average Bonchev–Trinajstić information content (AvgIpc) is 2.70. The van der Waals surface area contributed by atoms with E-state index in [1.165, 1.54) is 18.0 Å². The fourth-order valence-electron chi connectivity index (χ4n) is 1.63. The first-order valence-electron chi connectivity index (χ1n) is 5.40. The van der Waals surface area contributed by atoms with Gasteiger partial charge >= 0.3 is 0 Å². The predicted octanol–water partition coefficient (Wildman–Crippen LogP) is 2.21. The van der Waals surface area contributed by atoms with Gasteiger partial charge in [0, 0.05) is 0 Å². The van der Waals surface area contributed by atoms with Crippen LogP contribution >= 0.6 is 11.8 Å². The lowest BCUT2D eigenvalue weighted by Gasteiger charge is -2.07. The highest BCUT2D eigenvalue weighted by Crippen LogP contribution is 2.22. The fraction of sp³-hybridized carbons (Fsp3) is 0.273. The molecule has 0 aromatic carbocycles. The number of hydrogen-bond acceptors (Lipinski definition) is 6. The Bertz CT molecular complexity index is 658. The summed E-state index contributed by atoms with van der Waals surface area (Å²) in [7, 11) is -3.70. The van der Waals surface area contributed by atoms with E-state index in [2.05, 4.69) is 14.9 Å². The van der Waals surface area contributed by atoms with Gasteiger partial charge in [0.05, 0.1) is 16.9 Å². The lowest BCUT2D eigenvalue weighted by molar-refractivity contribution is 0.390. The number of aromatic nitrogens is 2. The molecule has 0 atom stereocenters. The second-order valence-corrected chi connectivity index (χ2v) is 6.29. The maximum absolute atomic E-state index is 12.2. The minimum atomic E-state index is -3.70. The number of thioether (sulfide) groups is 1. The molecule has 0 spiro atoms. The molecule has 8 heteroatoms. The second-order valence-electron chi connectivity index (χ2n) is 3.85. The van der Waals surface area contributed by atoms with E-state index in [-0.39, 0.29) is 10.7 Å². The number of anilines is 1. The van der Waals surface area contributed by atoms with Gasteiger partial charge in [-0.3, -0.25) is 4.72 Å². The molecule has 2 rings (SSSR count). The zero-order valence-corrected chi connectivity index (χ0v) is 12.3. The van der Waals surface area contributed by atoms with Crippen molar-refractivity contribution in [3.8, 4) is 0 Å². The molecule has 0 aliphatic heterocycles. The van der Waals surface area contributed by atoms with Crippen LogP contribution in [0.4, 0.5) is 5.69 Å². The van der Waals surface area contributed by atoms with Crippen LogP contribution in [0.1, 0.15) is 11.5 Å². The van der Waals surface area contributed by atoms with E-state index in [4.69, 9.17) is 4.52 Å². The zero-order chi connectivity index (χ0) is 14.0. The third-order valence-electron chi connectivity index (χ3n) is 2.43. The third kappa shape index (κ3) is 2.90. The van der Waals surface area contributed by atoms with Crippen molar-refractivity contribution in [2.24, 2.45) is 0 Å². The molecule has 102 valence electrons. The van der Waals surface area contributed by atoms with E-state index < -0.39 is 10.0 Å². The SMILES string of the molecule is CSc1ccc(NS(=O)(=O)c2c(C)noc2C)cn1. The minimum absolute atomic E-state index is 0.0708. The quantitative estimate of drug-likeness (QED) is 0.871. The van der Waals surface area contributed by atoms with E-state index >= 15 is 0 Å². The average molecular weight is 299 g/mol. The maximum atomic E-state index is 12.2. The molecule has 0 aliphatic rings. The maximum Gasteiger partial charge on any atom is 0.267 e. The van der Waals surface area contributed by atoms with Crippen molar-refractivity contribution < 1.29 is 12.9 Å². The number of hydrogen-bond donors (Lipinski definition) is 1. The lowest BCUT2D eigenvalue weighted by atomic mass is 10.4. The molecule has 0 bridgehead atoms. The van der Waals surface area contributed by atoms with Crippen LogP contribution in [0.15, 0.2) is 32.8 Å². The molecule has 0 aliphatic carbocycles. The summed E-state index contributed by atoms with van der Waals surface area (Å²) in [5.41, 5.74) is 0.733. The number of sulfonamides is 1. The van der Waals surface area contributed by atoms with Crippen LogP contribution in [-0.2, 0) is 10.0 Å². The number of pyridine rings is 1. The molecule has 0 saturated heterocycles. The molecule has 0 amide bonds. The molecule has 2 aromatic heterocycles. The summed E-state index contributed by atoms with van der Waals surface area (Å²) in [6.45, 7) is 3.14. The van der Waals surface area contributed by atoms with Gasteiger partial charge < -0.3 is 4.52 Å². The normalized spacial score (nSPS) is 11.5. The molecule has 2 heterocycles. The van der Waals surface area contributed by atoms with E-state index in [1.54, 1.807) is 26.0 Å². The molecule has 6 nitrogen and oxygen atoms in total. The summed E-state index contributed by atoms with van der Waals surface area (Å²) in [6.07, 6.45) is 3.37. The van der Waals surface area contributed by atoms with Crippen molar-refractivity contribution >= 4 is 27.5 Å². The van der Waals surface area contributed by atoms with E-state index in [0.29, 0.717) is 11.4 Å². The van der Waals surface area contributed by atoms with Crippen LogP contribution in [0.2, 0.25) is 0 Å². The highest BCUT2D eigenvalue weighted by Gasteiger charge is 2.24. The monoisotopic (exact) mass is 299 g/mol. The van der Waals surface area contributed by atoms with Crippen molar-refractivity contribution in [1.29, 1.82) is 0 Å². The van der Waals surface area contributed by atoms with Crippen LogP contribution in [0.25, 0.3) is 0 Å². The molecule has 19 heavy (non-hydrogen) atoms. The van der Waals surface area contributed by atoms with Crippen molar-refractivity contribution in [1.82, 2.24) is 10.1 Å². The van der Waals surface area contributed by atoms with Gasteiger partial charge in [0.25, 0.3) is 10.0 Å². The van der Waals surface area contributed by atoms with Gasteiger partial charge in [0.1, 0.15) is 5.69 Å². The first-order valence-corrected chi connectivity index (χ1v) is 8.10. The summed E-state index contributed by atoms with van der Waals surface area (Å²) in [4.78, 5) is 4.18. The Morgan fingerprint density at radius 2 is 2.05 bits per heavy atom. The lowest BCUT2D eigenvalue weighted by Crippen LogP contribution is -2.14. The first-order chi connectivity index (χ1) is 8.94. The van der Waals surface area contributed by atoms with Gasteiger partial charge in [-0.1, -0.05) is 5.16 Å². The van der Waals surface area contributed by atoms with Gasteiger partial charge in [-0.15, -0.1) is 11.8 Å². The smallest absolute Gasteiger partial charge is 0.267 e. The summed E-state index contributed by atoms with van der Waals surface area (Å²) in [5, 5.41) is 4.46. The molecular formula is C11H13N3O3S2. The highest BCUT2D eigenvalue weighted by atomic mass is 32.2. The van der Waals surface area contributed by atoms with Gasteiger partial charge in [0.2, 0.25) is 0 Å². The Kier molecular flexibility index (Phi) is 3.81. The van der Waals surface area contributed by atoms with Crippen molar-refractivity contribution in [2.45, 2.75) is 23.8 Å². The van der Waals surface area contributed by atoms with Crippen molar-refractivity contribution in [3.05, 3.63) is 29.8 Å². The molecule has 0 saturated carbocycles. The van der Waals surface area contributed by atoms with E-state index in [1.807, 2.05) is 6.26 Å². The van der Waals surface area contributed by atoms with Crippen LogP contribution in [0.3, 0.4) is 0 Å². The van der Waals surface area contributed by atoms with Crippen molar-refractivity contribution in [2.75, 3.05) is 11.0 Å². The topological polar surface area (TPSA) is 85.1 Å². The molecular weight excluding hydrogens is 286 g/mol. The Hall–Kier alpha value is -1.54.